The fourth-order valence-corrected chi connectivity index (χ4v) is 3.81. The maximum Gasteiger partial charge on any atom is 0.254 e. The molecule has 2 aliphatic rings. The molecule has 2 fully saturated rings. The average molecular weight is 350 g/mol. The van der Waals surface area contributed by atoms with Gasteiger partial charge in [-0.15, -0.1) is 0 Å². The zero-order valence-electron chi connectivity index (χ0n) is 15.0. The van der Waals surface area contributed by atoms with Crippen molar-refractivity contribution in [2.24, 2.45) is 11.8 Å². The first-order valence-electron chi connectivity index (χ1n) is 9.14. The fourth-order valence-electron chi connectivity index (χ4n) is 3.81. The van der Waals surface area contributed by atoms with E-state index in [1.165, 1.54) is 19.0 Å². The molecule has 0 spiro atoms. The molecule has 0 aromatic carbocycles. The van der Waals surface area contributed by atoms with Crippen molar-refractivity contribution >= 4 is 5.91 Å². The molecule has 1 amide bonds. The number of hydrogen-bond acceptors (Lipinski definition) is 5. The van der Waals surface area contributed by atoms with Crippen molar-refractivity contribution in [3.63, 3.8) is 0 Å². The third-order valence-corrected chi connectivity index (χ3v) is 5.39. The van der Waals surface area contributed by atoms with Gasteiger partial charge in [0, 0.05) is 36.7 Å². The van der Waals surface area contributed by atoms with Gasteiger partial charge < -0.3 is 4.90 Å². The number of carbonyl (C=O) groups excluding carboxylic acids is 1. The largest absolute Gasteiger partial charge is 0.338 e. The Morgan fingerprint density at radius 2 is 2.19 bits per heavy atom. The number of nitriles is 1. The third-order valence-electron chi connectivity index (χ3n) is 5.39. The minimum atomic E-state index is -0.0411. The second kappa shape index (κ2) is 6.52. The van der Waals surface area contributed by atoms with Gasteiger partial charge in [-0.3, -0.25) is 9.89 Å². The van der Waals surface area contributed by atoms with Crippen molar-refractivity contribution in [2.75, 3.05) is 13.1 Å². The van der Waals surface area contributed by atoms with Gasteiger partial charge in [0.25, 0.3) is 5.91 Å². The SMILES string of the molecule is CC(C)c1n[nH]c([C@H]2CN(C(=O)c3ccnc(C#N)c3)C[C@@H]2C2CC2)n1. The van der Waals surface area contributed by atoms with E-state index < -0.39 is 0 Å². The maximum absolute atomic E-state index is 12.9. The number of nitrogens with zero attached hydrogens (tertiary/aromatic N) is 5. The molecule has 4 rings (SSSR count). The normalized spacial score (nSPS) is 22.6. The lowest BCUT2D eigenvalue weighted by Crippen LogP contribution is -2.29. The topological polar surface area (TPSA) is 98.6 Å². The van der Waals surface area contributed by atoms with Crippen molar-refractivity contribution in [3.05, 3.63) is 41.2 Å². The molecule has 0 bridgehead atoms. The molecule has 1 saturated carbocycles. The average Bonchev–Trinajstić information content (AvgIpc) is 3.21. The number of hydrogen-bond donors (Lipinski definition) is 1. The Balaban J connectivity index is 1.57. The quantitative estimate of drug-likeness (QED) is 0.913. The number of carbonyl (C=O) groups is 1. The highest BCUT2D eigenvalue weighted by Gasteiger charge is 2.45. The Morgan fingerprint density at radius 1 is 1.38 bits per heavy atom. The summed E-state index contributed by atoms with van der Waals surface area (Å²) in [6, 6.07) is 5.23. The van der Waals surface area contributed by atoms with Crippen LogP contribution in [0.4, 0.5) is 0 Å². The summed E-state index contributed by atoms with van der Waals surface area (Å²) in [5.74, 6) is 3.24. The van der Waals surface area contributed by atoms with Gasteiger partial charge >= 0.3 is 0 Å². The molecule has 2 atom stereocenters. The van der Waals surface area contributed by atoms with Crippen molar-refractivity contribution in [1.82, 2.24) is 25.1 Å². The van der Waals surface area contributed by atoms with Gasteiger partial charge in [0.2, 0.25) is 0 Å². The highest BCUT2D eigenvalue weighted by molar-refractivity contribution is 5.94. The molecule has 1 aliphatic heterocycles. The van der Waals surface area contributed by atoms with E-state index >= 15 is 0 Å². The lowest BCUT2D eigenvalue weighted by Gasteiger charge is -2.16. The Labute approximate surface area is 152 Å². The Hall–Kier alpha value is -2.75. The van der Waals surface area contributed by atoms with Gasteiger partial charge in [-0.2, -0.15) is 10.4 Å². The molecule has 2 aromatic rings. The van der Waals surface area contributed by atoms with E-state index in [1.54, 1.807) is 12.1 Å². The van der Waals surface area contributed by atoms with E-state index in [0.29, 0.717) is 23.9 Å². The number of nitrogens with one attached hydrogen (secondary N) is 1. The van der Waals surface area contributed by atoms with Crippen LogP contribution in [0.15, 0.2) is 18.3 Å². The summed E-state index contributed by atoms with van der Waals surface area (Å²) in [6.45, 7) is 5.52. The zero-order valence-corrected chi connectivity index (χ0v) is 15.0. The van der Waals surface area contributed by atoms with E-state index in [2.05, 4.69) is 34.0 Å². The van der Waals surface area contributed by atoms with Crippen LogP contribution in [0.1, 0.15) is 66.2 Å². The van der Waals surface area contributed by atoms with E-state index in [-0.39, 0.29) is 23.4 Å². The predicted octanol–water partition coefficient (Wildman–Crippen LogP) is 2.46. The van der Waals surface area contributed by atoms with Gasteiger partial charge in [-0.25, -0.2) is 9.97 Å². The standard InChI is InChI=1S/C19H22N6O/c1-11(2)17-22-18(24-23-17)16-10-25(9-15(16)12-3-4-12)19(26)13-5-6-21-14(7-13)8-20/h5-7,11-12,15-16H,3-4,9-10H2,1-2H3,(H,22,23,24)/t15-,16+/m1/s1. The molecule has 1 N–H and O–H groups in total. The number of aromatic amines is 1. The minimum absolute atomic E-state index is 0.0411. The lowest BCUT2D eigenvalue weighted by molar-refractivity contribution is 0.0784. The van der Waals surface area contributed by atoms with Crippen molar-refractivity contribution in [1.29, 1.82) is 5.26 Å². The van der Waals surface area contributed by atoms with E-state index in [1.807, 2.05) is 11.0 Å². The Kier molecular flexibility index (Phi) is 4.19. The summed E-state index contributed by atoms with van der Waals surface area (Å²) in [5, 5.41) is 16.5. The summed E-state index contributed by atoms with van der Waals surface area (Å²) in [4.78, 5) is 23.5. The van der Waals surface area contributed by atoms with Gasteiger partial charge in [0.1, 0.15) is 17.6 Å². The number of aromatic nitrogens is 4. The van der Waals surface area contributed by atoms with Gasteiger partial charge in [-0.05, 0) is 36.8 Å². The Morgan fingerprint density at radius 3 is 2.85 bits per heavy atom. The van der Waals surface area contributed by atoms with E-state index in [0.717, 1.165) is 18.2 Å². The molecule has 134 valence electrons. The first kappa shape index (κ1) is 16.7. The van der Waals surface area contributed by atoms with Crippen molar-refractivity contribution in [3.8, 4) is 6.07 Å². The molecule has 1 aliphatic carbocycles. The van der Waals surface area contributed by atoms with Crippen molar-refractivity contribution < 1.29 is 4.79 Å². The summed E-state index contributed by atoms with van der Waals surface area (Å²) in [6.07, 6.45) is 3.97. The second-order valence-corrected chi connectivity index (χ2v) is 7.59. The highest BCUT2D eigenvalue weighted by atomic mass is 16.2. The smallest absolute Gasteiger partial charge is 0.254 e. The van der Waals surface area contributed by atoms with Crippen molar-refractivity contribution in [2.45, 2.75) is 38.5 Å². The molecule has 0 radical (unpaired) electrons. The van der Waals surface area contributed by atoms with Crippen LogP contribution in [0, 0.1) is 23.2 Å². The fraction of sp³-hybridized carbons (Fsp3) is 0.526. The molecule has 0 unspecified atom stereocenters. The number of H-pyrrole nitrogens is 1. The third kappa shape index (κ3) is 3.07. The number of amides is 1. The first-order valence-corrected chi connectivity index (χ1v) is 9.14. The van der Waals surface area contributed by atoms with E-state index in [9.17, 15) is 4.79 Å². The van der Waals surface area contributed by atoms with Crippen LogP contribution < -0.4 is 0 Å². The monoisotopic (exact) mass is 350 g/mol. The lowest BCUT2D eigenvalue weighted by atomic mass is 9.91. The summed E-state index contributed by atoms with van der Waals surface area (Å²) in [7, 11) is 0. The molecule has 7 nitrogen and oxygen atoms in total. The van der Waals surface area contributed by atoms with E-state index in [4.69, 9.17) is 5.26 Å². The van der Waals surface area contributed by atoms with Gasteiger partial charge in [0.05, 0.1) is 0 Å². The number of rotatable bonds is 4. The van der Waals surface area contributed by atoms with Crippen LogP contribution in [0.3, 0.4) is 0 Å². The second-order valence-electron chi connectivity index (χ2n) is 7.59. The van der Waals surface area contributed by atoms with Crippen LogP contribution >= 0.6 is 0 Å². The molecular formula is C19H22N6O. The molecule has 3 heterocycles. The van der Waals surface area contributed by atoms with Crippen LogP contribution in [0.5, 0.6) is 0 Å². The summed E-state index contributed by atoms with van der Waals surface area (Å²) in [5.41, 5.74) is 0.786. The Bertz CT molecular complexity index is 863. The molecule has 2 aromatic heterocycles. The molecular weight excluding hydrogens is 328 g/mol. The van der Waals surface area contributed by atoms with Crippen LogP contribution in [-0.2, 0) is 0 Å². The summed E-state index contributed by atoms with van der Waals surface area (Å²) < 4.78 is 0. The maximum atomic E-state index is 12.9. The number of pyridine rings is 1. The van der Waals surface area contributed by atoms with Gasteiger partial charge in [-0.1, -0.05) is 13.8 Å². The predicted molar refractivity (Wildman–Crippen MR) is 94.3 cm³/mol. The van der Waals surface area contributed by atoms with Crippen LogP contribution in [0.2, 0.25) is 0 Å². The number of likely N-dealkylation sites (tertiary alicyclic amines) is 1. The molecule has 7 heteroatoms. The summed E-state index contributed by atoms with van der Waals surface area (Å²) >= 11 is 0. The molecule has 26 heavy (non-hydrogen) atoms. The van der Waals surface area contributed by atoms with Crippen LogP contribution in [0.25, 0.3) is 0 Å². The highest BCUT2D eigenvalue weighted by Crippen LogP contribution is 2.47. The van der Waals surface area contributed by atoms with Gasteiger partial charge in [0.15, 0.2) is 5.82 Å². The molecule has 1 saturated heterocycles. The zero-order chi connectivity index (χ0) is 18.3. The van der Waals surface area contributed by atoms with Crippen LogP contribution in [-0.4, -0.2) is 44.1 Å². The first-order chi connectivity index (χ1) is 12.6. The minimum Gasteiger partial charge on any atom is -0.338 e.